The molecule has 1 aromatic rings. The maximum Gasteiger partial charge on any atom is 0 e. The third kappa shape index (κ3) is 3.36. The van der Waals surface area contributed by atoms with Crippen LogP contribution in [-0.2, 0) is 0 Å². The van der Waals surface area contributed by atoms with E-state index in [0.29, 0.717) is 5.66 Å². The molecule has 0 fully saturated rings. The summed E-state index contributed by atoms with van der Waals surface area (Å²) in [6, 6.07) is 10.4. The van der Waals surface area contributed by atoms with E-state index in [0.717, 1.165) is 0 Å². The summed E-state index contributed by atoms with van der Waals surface area (Å²) in [6.07, 6.45) is 0. The summed E-state index contributed by atoms with van der Waals surface area (Å²) in [5.74, 6) is 0. The fraction of sp³-hybridized carbons (Fsp3) is 0.250. The molecule has 0 aliphatic carbocycles. The molecule has 0 nitrogen and oxygen atoms in total. The van der Waals surface area contributed by atoms with Crippen LogP contribution in [0.25, 0.3) is 0 Å². The van der Waals surface area contributed by atoms with E-state index in [1.54, 1.807) is 0 Å². The van der Waals surface area contributed by atoms with Gasteiger partial charge in [0.15, 0.2) is 0 Å². The molecule has 0 spiro atoms. The second kappa shape index (κ2) is 5.57. The number of hydrogen-bond acceptors (Lipinski definition) is 0. The van der Waals surface area contributed by atoms with Crippen LogP contribution in [0.5, 0.6) is 0 Å². The minimum atomic E-state index is 0. The van der Waals surface area contributed by atoms with Gasteiger partial charge < -0.3 is 0 Å². The maximum atomic E-state index is 2.77. The molecule has 1 radical (unpaired) electrons. The number of hydrogen-bond donors (Lipinski definition) is 0. The van der Waals surface area contributed by atoms with Crippen molar-refractivity contribution < 1.29 is 38.6 Å². The topological polar surface area (TPSA) is 0 Å². The Morgan fingerprint density at radius 3 is 2.00 bits per heavy atom. The van der Waals surface area contributed by atoms with Gasteiger partial charge in [0, 0.05) is 38.6 Å². The third-order valence-corrected chi connectivity index (χ3v) is 1.71. The Bertz CT molecular complexity index is 172. The van der Waals surface area contributed by atoms with Crippen LogP contribution in [0.15, 0.2) is 30.3 Å². The summed E-state index contributed by atoms with van der Waals surface area (Å²) in [5, 5.41) is 0. The van der Waals surface area contributed by atoms with Gasteiger partial charge in [0.25, 0.3) is 0 Å². The van der Waals surface area contributed by atoms with Gasteiger partial charge in [-0.3, -0.25) is 0 Å². The SMILES string of the molecule is CC(P)c1ccccc1.[Tb]. The van der Waals surface area contributed by atoms with E-state index in [-0.39, 0.29) is 38.6 Å². The molecule has 0 aliphatic heterocycles. The molecule has 0 saturated carbocycles. The molecule has 0 amide bonds. The molecule has 1 aromatic carbocycles. The zero-order chi connectivity index (χ0) is 6.69. The summed E-state index contributed by atoms with van der Waals surface area (Å²) in [6.45, 7) is 2.17. The molecule has 2 heteroatoms. The predicted molar refractivity (Wildman–Crippen MR) is 44.6 cm³/mol. The van der Waals surface area contributed by atoms with Gasteiger partial charge in [0.1, 0.15) is 0 Å². The Kier molecular flexibility index (Phi) is 6.09. The van der Waals surface area contributed by atoms with Gasteiger partial charge in [-0.05, 0) is 11.2 Å². The van der Waals surface area contributed by atoms with Crippen molar-refractivity contribution in [3.05, 3.63) is 35.9 Å². The van der Waals surface area contributed by atoms with Gasteiger partial charge in [0.05, 0.1) is 0 Å². The van der Waals surface area contributed by atoms with Crippen LogP contribution in [0.4, 0.5) is 0 Å². The Balaban J connectivity index is 0.000000810. The van der Waals surface area contributed by atoms with Crippen molar-refractivity contribution >= 4 is 9.24 Å². The van der Waals surface area contributed by atoms with Crippen molar-refractivity contribution in [3.8, 4) is 0 Å². The van der Waals surface area contributed by atoms with E-state index in [2.05, 4.69) is 40.4 Å². The van der Waals surface area contributed by atoms with E-state index >= 15 is 0 Å². The average molecular weight is 297 g/mol. The summed E-state index contributed by atoms with van der Waals surface area (Å²) in [5.41, 5.74) is 1.95. The van der Waals surface area contributed by atoms with Gasteiger partial charge in [-0.15, -0.1) is 9.24 Å². The molecule has 57 valence electrons. The number of rotatable bonds is 1. The Morgan fingerprint density at radius 1 is 1.20 bits per heavy atom. The van der Waals surface area contributed by atoms with Crippen molar-refractivity contribution in [2.45, 2.75) is 12.6 Å². The average Bonchev–Trinajstić information content (AvgIpc) is 1.90. The van der Waals surface area contributed by atoms with Crippen LogP contribution in [0.1, 0.15) is 18.1 Å². The van der Waals surface area contributed by atoms with Crippen molar-refractivity contribution in [3.63, 3.8) is 0 Å². The molecule has 0 aromatic heterocycles. The first-order valence-corrected chi connectivity index (χ1v) is 3.78. The third-order valence-electron chi connectivity index (χ3n) is 1.33. The molecule has 0 heterocycles. The van der Waals surface area contributed by atoms with Gasteiger partial charge >= 0.3 is 0 Å². The summed E-state index contributed by atoms with van der Waals surface area (Å²) >= 11 is 0. The fourth-order valence-corrected chi connectivity index (χ4v) is 0.979. The molecule has 0 aliphatic rings. The quantitative estimate of drug-likeness (QED) is 0.699. The second-order valence-corrected chi connectivity index (χ2v) is 3.20. The van der Waals surface area contributed by atoms with Crippen molar-refractivity contribution in [2.75, 3.05) is 0 Å². The molecule has 1 rings (SSSR count). The molecule has 2 unspecified atom stereocenters. The van der Waals surface area contributed by atoms with E-state index in [9.17, 15) is 0 Å². The van der Waals surface area contributed by atoms with Crippen molar-refractivity contribution in [1.29, 1.82) is 0 Å². The standard InChI is InChI=1S/C8H11P.Tb/c1-7(9)8-5-3-2-4-6-8;/h2-7H,9H2,1H3;. The van der Waals surface area contributed by atoms with Crippen molar-refractivity contribution in [2.24, 2.45) is 0 Å². The molecule has 10 heavy (non-hydrogen) atoms. The Hall–Kier alpha value is 0.936. The van der Waals surface area contributed by atoms with Crippen LogP contribution in [0.3, 0.4) is 0 Å². The van der Waals surface area contributed by atoms with Crippen molar-refractivity contribution in [1.82, 2.24) is 0 Å². The second-order valence-electron chi connectivity index (χ2n) is 2.20. The van der Waals surface area contributed by atoms with E-state index < -0.39 is 0 Å². The molecular formula is C8H11PTb. The molecule has 0 N–H and O–H groups in total. The van der Waals surface area contributed by atoms with Gasteiger partial charge in [-0.1, -0.05) is 37.3 Å². The van der Waals surface area contributed by atoms with Crippen LogP contribution in [0.2, 0.25) is 0 Å². The molecule has 0 saturated heterocycles. The smallest absolute Gasteiger partial charge is 0 e. The first kappa shape index (κ1) is 10.9. The largest absolute Gasteiger partial charge is 0.130 e. The Labute approximate surface area is 95.4 Å². The zero-order valence-corrected chi connectivity index (χ0v) is 9.17. The van der Waals surface area contributed by atoms with Gasteiger partial charge in [0.2, 0.25) is 0 Å². The van der Waals surface area contributed by atoms with Crippen LogP contribution >= 0.6 is 9.24 Å². The van der Waals surface area contributed by atoms with E-state index in [1.165, 1.54) is 5.56 Å². The summed E-state index contributed by atoms with van der Waals surface area (Å²) in [7, 11) is 2.77. The van der Waals surface area contributed by atoms with E-state index in [1.807, 2.05) is 6.07 Å². The molecule has 0 bridgehead atoms. The first-order valence-electron chi connectivity index (χ1n) is 3.11. The first-order chi connectivity index (χ1) is 4.30. The minimum absolute atomic E-state index is 0. The van der Waals surface area contributed by atoms with Gasteiger partial charge in [-0.2, -0.15) is 0 Å². The fourth-order valence-electron chi connectivity index (χ4n) is 0.757. The van der Waals surface area contributed by atoms with Crippen LogP contribution in [-0.4, -0.2) is 0 Å². The normalized spacial score (nSPS) is 11.8. The van der Waals surface area contributed by atoms with Gasteiger partial charge in [-0.25, -0.2) is 0 Å². The molecule has 2 atom stereocenters. The Morgan fingerprint density at radius 2 is 1.70 bits per heavy atom. The minimum Gasteiger partial charge on any atom is -0.130 e. The predicted octanol–water partition coefficient (Wildman–Crippen LogP) is 2.62. The monoisotopic (exact) mass is 297 g/mol. The molecular weight excluding hydrogens is 286 g/mol. The summed E-state index contributed by atoms with van der Waals surface area (Å²) in [4.78, 5) is 0. The maximum absolute atomic E-state index is 2.77. The van der Waals surface area contributed by atoms with Crippen LogP contribution < -0.4 is 0 Å². The van der Waals surface area contributed by atoms with E-state index in [4.69, 9.17) is 0 Å². The summed E-state index contributed by atoms with van der Waals surface area (Å²) < 4.78 is 0. The van der Waals surface area contributed by atoms with Crippen LogP contribution in [0, 0.1) is 38.6 Å². The number of benzene rings is 1. The zero-order valence-electron chi connectivity index (χ0n) is 5.87.